The SMILES string of the molecule is CCNC(C)c1cnc(-c2sccc2C)s1. The molecule has 16 heavy (non-hydrogen) atoms. The molecule has 0 aromatic carbocycles. The Hall–Kier alpha value is -0.710. The molecule has 0 saturated heterocycles. The molecule has 2 aromatic heterocycles. The number of hydrogen-bond donors (Lipinski definition) is 1. The van der Waals surface area contributed by atoms with Crippen LogP contribution < -0.4 is 5.32 Å². The zero-order valence-corrected chi connectivity index (χ0v) is 11.4. The van der Waals surface area contributed by atoms with Gasteiger partial charge in [0.25, 0.3) is 0 Å². The van der Waals surface area contributed by atoms with Crippen LogP contribution in [0.1, 0.15) is 30.3 Å². The Morgan fingerprint density at radius 1 is 1.50 bits per heavy atom. The summed E-state index contributed by atoms with van der Waals surface area (Å²) in [7, 11) is 0. The van der Waals surface area contributed by atoms with Gasteiger partial charge in [-0.1, -0.05) is 6.92 Å². The molecule has 2 aromatic rings. The summed E-state index contributed by atoms with van der Waals surface area (Å²) in [6.45, 7) is 7.44. The van der Waals surface area contributed by atoms with Gasteiger partial charge >= 0.3 is 0 Å². The zero-order valence-electron chi connectivity index (χ0n) is 9.78. The summed E-state index contributed by atoms with van der Waals surface area (Å²) in [4.78, 5) is 7.13. The van der Waals surface area contributed by atoms with Crippen LogP contribution in [0.2, 0.25) is 0 Å². The third kappa shape index (κ3) is 2.34. The van der Waals surface area contributed by atoms with Crippen LogP contribution in [0.5, 0.6) is 0 Å². The highest BCUT2D eigenvalue weighted by atomic mass is 32.1. The average Bonchev–Trinajstić information content (AvgIpc) is 2.86. The highest BCUT2D eigenvalue weighted by Crippen LogP contribution is 2.33. The van der Waals surface area contributed by atoms with Crippen molar-refractivity contribution >= 4 is 22.7 Å². The Kier molecular flexibility index (Phi) is 3.74. The van der Waals surface area contributed by atoms with Gasteiger partial charge < -0.3 is 5.32 Å². The van der Waals surface area contributed by atoms with Gasteiger partial charge in [0.1, 0.15) is 5.01 Å². The molecule has 1 N–H and O–H groups in total. The van der Waals surface area contributed by atoms with E-state index in [2.05, 4.69) is 42.5 Å². The van der Waals surface area contributed by atoms with E-state index in [9.17, 15) is 0 Å². The van der Waals surface area contributed by atoms with E-state index >= 15 is 0 Å². The molecule has 4 heteroatoms. The summed E-state index contributed by atoms with van der Waals surface area (Å²) in [6.07, 6.45) is 1.99. The number of nitrogens with one attached hydrogen (secondary N) is 1. The second kappa shape index (κ2) is 5.08. The van der Waals surface area contributed by atoms with Gasteiger partial charge in [-0.3, -0.25) is 0 Å². The molecule has 0 saturated carbocycles. The van der Waals surface area contributed by atoms with Crippen molar-refractivity contribution in [2.45, 2.75) is 26.8 Å². The van der Waals surface area contributed by atoms with Crippen molar-refractivity contribution in [3.05, 3.63) is 28.1 Å². The fourth-order valence-corrected chi connectivity index (χ4v) is 3.62. The lowest BCUT2D eigenvalue weighted by atomic mass is 10.3. The van der Waals surface area contributed by atoms with Gasteiger partial charge in [-0.25, -0.2) is 4.98 Å². The maximum Gasteiger partial charge on any atom is 0.133 e. The van der Waals surface area contributed by atoms with Crippen LogP contribution in [0.25, 0.3) is 9.88 Å². The summed E-state index contributed by atoms with van der Waals surface area (Å²) in [5.41, 5.74) is 1.32. The third-order valence-electron chi connectivity index (χ3n) is 2.52. The topological polar surface area (TPSA) is 24.9 Å². The summed E-state index contributed by atoms with van der Waals surface area (Å²) in [5.74, 6) is 0. The lowest BCUT2D eigenvalue weighted by Crippen LogP contribution is -2.16. The van der Waals surface area contributed by atoms with Crippen molar-refractivity contribution in [1.29, 1.82) is 0 Å². The van der Waals surface area contributed by atoms with Gasteiger partial charge in [0, 0.05) is 17.1 Å². The van der Waals surface area contributed by atoms with Gasteiger partial charge in [0.05, 0.1) is 4.88 Å². The van der Waals surface area contributed by atoms with Crippen molar-refractivity contribution in [2.24, 2.45) is 0 Å². The van der Waals surface area contributed by atoms with E-state index in [1.807, 2.05) is 6.20 Å². The maximum atomic E-state index is 4.51. The number of thiazole rings is 1. The summed E-state index contributed by atoms with van der Waals surface area (Å²) < 4.78 is 0. The molecular formula is C12H16N2S2. The molecule has 2 nitrogen and oxygen atoms in total. The van der Waals surface area contributed by atoms with Gasteiger partial charge in [0.2, 0.25) is 0 Å². The van der Waals surface area contributed by atoms with Crippen LogP contribution in [0.4, 0.5) is 0 Å². The highest BCUT2D eigenvalue weighted by molar-refractivity contribution is 7.21. The number of rotatable bonds is 4. The standard InChI is InChI=1S/C12H16N2S2/c1-4-13-9(3)10-7-14-12(16-10)11-8(2)5-6-15-11/h5-7,9,13H,4H2,1-3H3. The summed E-state index contributed by atoms with van der Waals surface area (Å²) >= 11 is 3.56. The van der Waals surface area contributed by atoms with Crippen molar-refractivity contribution < 1.29 is 0 Å². The number of aryl methyl sites for hydroxylation is 1. The summed E-state index contributed by atoms with van der Waals surface area (Å²) in [6, 6.07) is 2.55. The first-order valence-electron chi connectivity index (χ1n) is 5.46. The first kappa shape index (κ1) is 11.8. The predicted octanol–water partition coefficient (Wildman–Crippen LogP) is 3.85. The first-order valence-corrected chi connectivity index (χ1v) is 7.15. The molecular weight excluding hydrogens is 236 g/mol. The molecule has 0 aliphatic rings. The molecule has 0 radical (unpaired) electrons. The van der Waals surface area contributed by atoms with Crippen molar-refractivity contribution in [3.63, 3.8) is 0 Å². The normalized spacial score (nSPS) is 12.9. The molecule has 1 atom stereocenters. The minimum absolute atomic E-state index is 0.400. The maximum absolute atomic E-state index is 4.51. The minimum Gasteiger partial charge on any atom is -0.310 e. The van der Waals surface area contributed by atoms with Crippen LogP contribution in [0.3, 0.4) is 0 Å². The quantitative estimate of drug-likeness (QED) is 0.894. The van der Waals surface area contributed by atoms with Crippen LogP contribution in [-0.2, 0) is 0 Å². The summed E-state index contributed by atoms with van der Waals surface area (Å²) in [5, 5.41) is 6.68. The van der Waals surface area contributed by atoms with E-state index < -0.39 is 0 Å². The highest BCUT2D eigenvalue weighted by Gasteiger charge is 2.12. The molecule has 0 fully saturated rings. The van der Waals surface area contributed by atoms with E-state index in [1.165, 1.54) is 15.3 Å². The molecule has 2 rings (SSSR count). The molecule has 86 valence electrons. The first-order chi connectivity index (χ1) is 7.72. The van der Waals surface area contributed by atoms with Gasteiger partial charge in [-0.2, -0.15) is 0 Å². The largest absolute Gasteiger partial charge is 0.310 e. The lowest BCUT2D eigenvalue weighted by molar-refractivity contribution is 0.606. The molecule has 1 unspecified atom stereocenters. The third-order valence-corrected chi connectivity index (χ3v) is 4.87. The van der Waals surface area contributed by atoms with Crippen LogP contribution in [0, 0.1) is 6.92 Å². The Morgan fingerprint density at radius 3 is 2.94 bits per heavy atom. The monoisotopic (exact) mass is 252 g/mol. The van der Waals surface area contributed by atoms with E-state index in [0.29, 0.717) is 6.04 Å². The fourth-order valence-electron chi connectivity index (χ4n) is 1.59. The van der Waals surface area contributed by atoms with Crippen LogP contribution >= 0.6 is 22.7 Å². The Morgan fingerprint density at radius 2 is 2.31 bits per heavy atom. The lowest BCUT2D eigenvalue weighted by Gasteiger charge is -2.07. The number of aromatic nitrogens is 1. The second-order valence-corrected chi connectivity index (χ2v) is 5.76. The van der Waals surface area contributed by atoms with Crippen molar-refractivity contribution in [2.75, 3.05) is 6.54 Å². The van der Waals surface area contributed by atoms with E-state index in [0.717, 1.165) is 11.6 Å². The van der Waals surface area contributed by atoms with Crippen LogP contribution in [-0.4, -0.2) is 11.5 Å². The Balaban J connectivity index is 2.23. The van der Waals surface area contributed by atoms with Gasteiger partial charge in [-0.05, 0) is 37.4 Å². The fraction of sp³-hybridized carbons (Fsp3) is 0.417. The van der Waals surface area contributed by atoms with E-state index in [-0.39, 0.29) is 0 Å². The number of hydrogen-bond acceptors (Lipinski definition) is 4. The number of thiophene rings is 1. The molecule has 0 spiro atoms. The smallest absolute Gasteiger partial charge is 0.133 e. The van der Waals surface area contributed by atoms with Crippen LogP contribution in [0.15, 0.2) is 17.6 Å². The minimum atomic E-state index is 0.400. The second-order valence-electron chi connectivity index (χ2n) is 3.78. The molecule has 0 aliphatic heterocycles. The van der Waals surface area contributed by atoms with Gasteiger partial charge in [0.15, 0.2) is 0 Å². The molecule has 0 aliphatic carbocycles. The Bertz CT molecular complexity index is 459. The van der Waals surface area contributed by atoms with Crippen molar-refractivity contribution in [3.8, 4) is 9.88 Å². The van der Waals surface area contributed by atoms with Crippen molar-refractivity contribution in [1.82, 2.24) is 10.3 Å². The average molecular weight is 252 g/mol. The zero-order chi connectivity index (χ0) is 11.5. The van der Waals surface area contributed by atoms with E-state index in [1.54, 1.807) is 22.7 Å². The number of nitrogens with zero attached hydrogens (tertiary/aromatic N) is 1. The molecule has 0 bridgehead atoms. The molecule has 0 amide bonds. The predicted molar refractivity (Wildman–Crippen MR) is 72.3 cm³/mol. The molecule has 2 heterocycles. The van der Waals surface area contributed by atoms with E-state index in [4.69, 9.17) is 0 Å². The van der Waals surface area contributed by atoms with Gasteiger partial charge in [-0.15, -0.1) is 22.7 Å². The Labute approximate surface area is 104 Å².